The molecule has 0 bridgehead atoms. The van der Waals surface area contributed by atoms with Gasteiger partial charge < -0.3 is 10.1 Å². The van der Waals surface area contributed by atoms with Crippen LogP contribution in [-0.4, -0.2) is 21.7 Å². The summed E-state index contributed by atoms with van der Waals surface area (Å²) in [6.07, 6.45) is 2.85. The monoisotopic (exact) mass is 461 g/mol. The molecule has 2 atom stereocenters. The lowest BCUT2D eigenvalue weighted by atomic mass is 10.0. The van der Waals surface area contributed by atoms with Gasteiger partial charge in [0.05, 0.1) is 23.4 Å². The number of carbonyl (C=O) groups excluding carboxylic acids is 1. The van der Waals surface area contributed by atoms with Crippen molar-refractivity contribution in [2.45, 2.75) is 38.8 Å². The number of hydrogen-bond acceptors (Lipinski definition) is 3. The van der Waals surface area contributed by atoms with Crippen molar-refractivity contribution in [1.29, 1.82) is 0 Å². The highest BCUT2D eigenvalue weighted by Crippen LogP contribution is 2.45. The molecule has 1 aliphatic carbocycles. The van der Waals surface area contributed by atoms with Gasteiger partial charge in [-0.1, -0.05) is 19.1 Å². The number of ether oxygens (including phenoxy) is 1. The summed E-state index contributed by atoms with van der Waals surface area (Å²) in [6.45, 7) is 3.81. The number of hydrogen-bond donors (Lipinski definition) is 1. The van der Waals surface area contributed by atoms with Crippen LogP contribution in [0.15, 0.2) is 72.9 Å². The number of aromatic nitrogens is 2. The third-order valence-corrected chi connectivity index (χ3v) is 6.41. The van der Waals surface area contributed by atoms with Crippen molar-refractivity contribution in [2.24, 2.45) is 5.41 Å². The Morgan fingerprint density at radius 3 is 2.53 bits per heavy atom. The van der Waals surface area contributed by atoms with Crippen LogP contribution < -0.4 is 10.1 Å². The molecule has 0 aliphatic heterocycles. The molecule has 0 spiro atoms. The predicted molar refractivity (Wildman–Crippen MR) is 126 cm³/mol. The van der Waals surface area contributed by atoms with Crippen LogP contribution in [0.3, 0.4) is 0 Å². The van der Waals surface area contributed by atoms with Crippen LogP contribution in [0.1, 0.15) is 38.4 Å². The minimum Gasteiger partial charge on any atom is -0.484 e. The maximum absolute atomic E-state index is 14.0. The quantitative estimate of drug-likeness (QED) is 0.383. The van der Waals surface area contributed by atoms with Gasteiger partial charge in [0.15, 0.2) is 0 Å². The van der Waals surface area contributed by atoms with Crippen LogP contribution in [0.25, 0.3) is 16.6 Å². The Bertz CT molecular complexity index is 1350. The van der Waals surface area contributed by atoms with Crippen molar-refractivity contribution in [3.05, 3.63) is 90.1 Å². The third-order valence-electron chi connectivity index (χ3n) is 6.41. The minimum absolute atomic E-state index is 0.0129. The number of amides is 1. The minimum atomic E-state index is -0.591. The van der Waals surface area contributed by atoms with E-state index in [1.54, 1.807) is 35.1 Å². The fraction of sp³-hybridized carbons (Fsp3) is 0.259. The summed E-state index contributed by atoms with van der Waals surface area (Å²) < 4.78 is 35.4. The molecule has 0 saturated heterocycles. The standard InChI is InChI=1S/C27H25F2N3O2/c1-17(31-26(33)27(2)12-13-27)25(18-4-3-5-21(29)14-18)34-23-10-11-24-19(15-23)16-30-32(24)22-8-6-20(28)7-9-22/h3-11,14-17,25H,12-13H2,1-2H3,(H,31,33)/t17-,25?/m0/s1. The highest BCUT2D eigenvalue weighted by Gasteiger charge is 2.45. The van der Waals surface area contributed by atoms with Crippen LogP contribution in [-0.2, 0) is 4.79 Å². The van der Waals surface area contributed by atoms with Crippen LogP contribution in [0.5, 0.6) is 5.75 Å². The molecule has 7 heteroatoms. The van der Waals surface area contributed by atoms with Gasteiger partial charge in [0, 0.05) is 10.8 Å². The molecular weight excluding hydrogens is 436 g/mol. The molecule has 1 saturated carbocycles. The zero-order valence-corrected chi connectivity index (χ0v) is 19.0. The fourth-order valence-corrected chi connectivity index (χ4v) is 4.03. The molecule has 4 aromatic rings. The molecule has 5 nitrogen and oxygen atoms in total. The van der Waals surface area contributed by atoms with Gasteiger partial charge in [0.1, 0.15) is 23.5 Å². The van der Waals surface area contributed by atoms with E-state index in [-0.39, 0.29) is 29.0 Å². The van der Waals surface area contributed by atoms with E-state index in [0.717, 1.165) is 29.4 Å². The van der Waals surface area contributed by atoms with Crippen molar-refractivity contribution in [1.82, 2.24) is 15.1 Å². The second-order valence-corrected chi connectivity index (χ2v) is 9.17. The largest absolute Gasteiger partial charge is 0.484 e. The molecule has 1 amide bonds. The molecule has 0 radical (unpaired) electrons. The molecule has 1 aromatic heterocycles. The Morgan fingerprint density at radius 2 is 1.82 bits per heavy atom. The van der Waals surface area contributed by atoms with Crippen LogP contribution in [0, 0.1) is 17.0 Å². The van der Waals surface area contributed by atoms with Crippen LogP contribution in [0.4, 0.5) is 8.78 Å². The first-order valence-electron chi connectivity index (χ1n) is 11.3. The van der Waals surface area contributed by atoms with Gasteiger partial charge in [-0.2, -0.15) is 5.10 Å². The molecule has 1 aliphatic rings. The Labute approximate surface area is 196 Å². The zero-order chi connectivity index (χ0) is 23.9. The SMILES string of the molecule is C[C@H](NC(=O)C1(C)CC1)C(Oc1ccc2c(cnn2-c2ccc(F)cc2)c1)c1cccc(F)c1. The van der Waals surface area contributed by atoms with E-state index in [9.17, 15) is 13.6 Å². The number of rotatable bonds is 7. The number of nitrogens with zero attached hydrogens (tertiary/aromatic N) is 2. The third kappa shape index (κ3) is 4.38. The highest BCUT2D eigenvalue weighted by atomic mass is 19.1. The summed E-state index contributed by atoms with van der Waals surface area (Å²) in [6, 6.07) is 17.5. The van der Waals surface area contributed by atoms with Crippen molar-refractivity contribution in [3.63, 3.8) is 0 Å². The van der Waals surface area contributed by atoms with Crippen molar-refractivity contribution in [3.8, 4) is 11.4 Å². The average molecular weight is 462 g/mol. The Hall–Kier alpha value is -3.74. The van der Waals surface area contributed by atoms with Gasteiger partial charge in [-0.3, -0.25) is 4.79 Å². The van der Waals surface area contributed by atoms with Crippen molar-refractivity contribution in [2.75, 3.05) is 0 Å². The first kappa shape index (κ1) is 22.1. The van der Waals surface area contributed by atoms with E-state index in [1.807, 2.05) is 32.0 Å². The van der Waals surface area contributed by atoms with Gasteiger partial charge in [0.25, 0.3) is 0 Å². The molecule has 1 heterocycles. The van der Waals surface area contributed by atoms with Gasteiger partial charge in [-0.05, 0) is 79.9 Å². The molecule has 1 N–H and O–H groups in total. The second kappa shape index (κ2) is 8.56. The van der Waals surface area contributed by atoms with Crippen LogP contribution in [0.2, 0.25) is 0 Å². The first-order valence-corrected chi connectivity index (χ1v) is 11.3. The van der Waals surface area contributed by atoms with E-state index in [0.29, 0.717) is 11.3 Å². The maximum Gasteiger partial charge on any atom is 0.226 e. The lowest BCUT2D eigenvalue weighted by Gasteiger charge is -2.27. The average Bonchev–Trinajstić information content (AvgIpc) is 3.44. The first-order chi connectivity index (χ1) is 16.3. The number of halogens is 2. The molecule has 1 fully saturated rings. The maximum atomic E-state index is 14.0. The summed E-state index contributed by atoms with van der Waals surface area (Å²) in [7, 11) is 0. The molecule has 3 aromatic carbocycles. The number of fused-ring (bicyclic) bond motifs is 1. The number of nitrogens with one attached hydrogen (secondary N) is 1. The lowest BCUT2D eigenvalue weighted by molar-refractivity contribution is -0.127. The fourth-order valence-electron chi connectivity index (χ4n) is 4.03. The normalized spacial score (nSPS) is 16.1. The predicted octanol–water partition coefficient (Wildman–Crippen LogP) is 5.73. The molecule has 174 valence electrons. The van der Waals surface area contributed by atoms with Crippen molar-refractivity contribution >= 4 is 16.8 Å². The van der Waals surface area contributed by atoms with Crippen molar-refractivity contribution < 1.29 is 18.3 Å². The highest BCUT2D eigenvalue weighted by molar-refractivity contribution is 5.85. The van der Waals surface area contributed by atoms with Crippen LogP contribution >= 0.6 is 0 Å². The van der Waals surface area contributed by atoms with Gasteiger partial charge >= 0.3 is 0 Å². The van der Waals surface area contributed by atoms with E-state index in [2.05, 4.69) is 10.4 Å². The number of carbonyl (C=O) groups is 1. The van der Waals surface area contributed by atoms with Gasteiger partial charge in [0.2, 0.25) is 5.91 Å². The van der Waals surface area contributed by atoms with Gasteiger partial charge in [-0.25, -0.2) is 13.5 Å². The lowest BCUT2D eigenvalue weighted by Crippen LogP contribution is -2.42. The topological polar surface area (TPSA) is 56.1 Å². The Balaban J connectivity index is 1.43. The summed E-state index contributed by atoms with van der Waals surface area (Å²) >= 11 is 0. The molecular formula is C27H25F2N3O2. The molecule has 5 rings (SSSR count). The zero-order valence-electron chi connectivity index (χ0n) is 19.0. The summed E-state index contributed by atoms with van der Waals surface area (Å²) in [5.74, 6) is -0.119. The number of benzene rings is 3. The Morgan fingerprint density at radius 1 is 1.06 bits per heavy atom. The summed E-state index contributed by atoms with van der Waals surface area (Å²) in [4.78, 5) is 12.7. The smallest absolute Gasteiger partial charge is 0.226 e. The summed E-state index contributed by atoms with van der Waals surface area (Å²) in [5.41, 5.74) is 1.89. The van der Waals surface area contributed by atoms with E-state index in [4.69, 9.17) is 4.74 Å². The Kier molecular flexibility index (Phi) is 5.55. The van der Waals surface area contributed by atoms with E-state index in [1.165, 1.54) is 24.3 Å². The van der Waals surface area contributed by atoms with E-state index >= 15 is 0 Å². The molecule has 1 unspecified atom stereocenters. The van der Waals surface area contributed by atoms with E-state index < -0.39 is 6.10 Å². The second-order valence-electron chi connectivity index (χ2n) is 9.17. The van der Waals surface area contributed by atoms with Gasteiger partial charge in [-0.15, -0.1) is 0 Å². The molecule has 34 heavy (non-hydrogen) atoms. The summed E-state index contributed by atoms with van der Waals surface area (Å²) in [5, 5.41) is 8.32.